The van der Waals surface area contributed by atoms with Crippen LogP contribution in [0, 0.1) is 5.41 Å². The Morgan fingerprint density at radius 1 is 0.828 bits per heavy atom. The molecule has 170 valence electrons. The minimum absolute atomic E-state index is 0. The van der Waals surface area contributed by atoms with Gasteiger partial charge in [-0.25, -0.2) is 0 Å². The number of hydrogen-bond acceptors (Lipinski definition) is 4. The molecular weight excluding hydrogens is 435 g/mol. The number of hydrogen-bond donors (Lipinski definition) is 5. The van der Waals surface area contributed by atoms with E-state index in [-0.39, 0.29) is 49.0 Å². The largest absolute Gasteiger partial charge is 0.494 e. The van der Waals surface area contributed by atoms with Gasteiger partial charge in [0.25, 0.3) is 0 Å². The van der Waals surface area contributed by atoms with E-state index in [1.54, 1.807) is 12.1 Å². The number of unbranched alkanes of at least 4 members (excludes halogenated alkanes) is 5. The normalized spacial score (nSPS) is 9.38. The summed E-state index contributed by atoms with van der Waals surface area (Å²) in [5.74, 6) is 1.09. The number of benzene rings is 1. The molecule has 0 aliphatic rings. The van der Waals surface area contributed by atoms with Crippen LogP contribution in [-0.2, 0) is 0 Å². The van der Waals surface area contributed by atoms with Crippen molar-refractivity contribution in [1.29, 1.82) is 5.41 Å². The van der Waals surface area contributed by atoms with Gasteiger partial charge >= 0.3 is 0 Å². The van der Waals surface area contributed by atoms with Crippen molar-refractivity contribution in [3.05, 3.63) is 29.8 Å². The second kappa shape index (κ2) is 21.3. The lowest BCUT2D eigenvalue weighted by atomic mass is 10.1. The van der Waals surface area contributed by atoms with Gasteiger partial charge in [0.15, 0.2) is 5.96 Å². The number of nitrogen functional groups attached to an aromatic ring is 1. The molecule has 0 aliphatic heterocycles. The number of rotatable bonds is 15. The van der Waals surface area contributed by atoms with Gasteiger partial charge in [-0.3, -0.25) is 10.4 Å². The zero-order chi connectivity index (χ0) is 19.0. The van der Waals surface area contributed by atoms with Crippen molar-refractivity contribution in [3.8, 4) is 5.75 Å². The summed E-state index contributed by atoms with van der Waals surface area (Å²) in [5, 5.41) is 10.8. The molecule has 1 aromatic rings. The monoisotopic (exact) mass is 470 g/mol. The van der Waals surface area contributed by atoms with Crippen LogP contribution in [0.25, 0.3) is 0 Å². The molecule has 1 rings (SSSR count). The molecule has 0 saturated heterocycles. The van der Waals surface area contributed by atoms with E-state index in [0.29, 0.717) is 6.61 Å². The van der Waals surface area contributed by atoms with Gasteiger partial charge in [-0.05, 0) is 63.0 Å². The number of ether oxygens (including phenoxy) is 1. The van der Waals surface area contributed by atoms with Gasteiger partial charge in [0.2, 0.25) is 0 Å². The number of aliphatic imine (C=N–C) groups is 1. The molecule has 0 saturated carbocycles. The maximum atomic E-state index is 7.35. The lowest BCUT2D eigenvalue weighted by Crippen LogP contribution is -2.22. The highest BCUT2D eigenvalue weighted by molar-refractivity contribution is 5.94. The molecule has 0 heterocycles. The Hall–Kier alpha value is -1.41. The molecule has 0 spiro atoms. The lowest BCUT2D eigenvalue weighted by molar-refractivity contribution is 0.305. The molecule has 0 aliphatic carbocycles. The van der Waals surface area contributed by atoms with Crippen molar-refractivity contribution in [2.75, 3.05) is 26.2 Å². The number of guanidine groups is 1. The molecule has 0 bridgehead atoms. The Balaban J connectivity index is -0.00000225. The van der Waals surface area contributed by atoms with E-state index in [1.165, 1.54) is 25.7 Å². The van der Waals surface area contributed by atoms with Crippen LogP contribution in [0.1, 0.15) is 50.5 Å². The number of halogens is 3. The molecule has 0 amide bonds. The molecular formula is C19H37Cl3N6O. The first-order valence-electron chi connectivity index (χ1n) is 9.43. The van der Waals surface area contributed by atoms with Crippen molar-refractivity contribution < 1.29 is 4.74 Å². The van der Waals surface area contributed by atoms with Crippen molar-refractivity contribution in [2.45, 2.75) is 44.9 Å². The fourth-order valence-corrected chi connectivity index (χ4v) is 2.50. The number of nitrogens with one attached hydrogen (secondary N) is 2. The van der Waals surface area contributed by atoms with Crippen molar-refractivity contribution >= 4 is 49.0 Å². The quantitative estimate of drug-likeness (QED) is 0.152. The summed E-state index contributed by atoms with van der Waals surface area (Å²) in [7, 11) is 0. The summed E-state index contributed by atoms with van der Waals surface area (Å²) in [6.45, 7) is 3.54. The van der Waals surface area contributed by atoms with Gasteiger partial charge in [0.05, 0.1) is 6.61 Å². The van der Waals surface area contributed by atoms with Gasteiger partial charge in [-0.2, -0.15) is 0 Å². The van der Waals surface area contributed by atoms with Gasteiger partial charge < -0.3 is 27.3 Å². The Morgan fingerprint density at radius 2 is 1.38 bits per heavy atom. The Morgan fingerprint density at radius 3 is 1.97 bits per heavy atom. The second-order valence-electron chi connectivity index (χ2n) is 6.32. The minimum atomic E-state index is 0. The third-order valence-corrected chi connectivity index (χ3v) is 3.99. The number of nitrogens with zero attached hydrogens (tertiary/aromatic N) is 1. The van der Waals surface area contributed by atoms with E-state index in [4.69, 9.17) is 27.3 Å². The Kier molecular flexibility index (Phi) is 23.7. The molecule has 7 nitrogen and oxygen atoms in total. The topological polar surface area (TPSA) is 136 Å². The predicted octanol–water partition coefficient (Wildman–Crippen LogP) is 3.21. The van der Waals surface area contributed by atoms with Crippen molar-refractivity contribution in [1.82, 2.24) is 5.32 Å². The minimum Gasteiger partial charge on any atom is -0.494 e. The Labute approximate surface area is 193 Å². The first-order chi connectivity index (χ1) is 12.6. The van der Waals surface area contributed by atoms with Crippen LogP contribution in [0.15, 0.2) is 29.3 Å². The first-order valence-corrected chi connectivity index (χ1v) is 9.43. The molecule has 0 aromatic heterocycles. The molecule has 1 aromatic carbocycles. The van der Waals surface area contributed by atoms with Crippen LogP contribution in [0.2, 0.25) is 0 Å². The van der Waals surface area contributed by atoms with Crippen LogP contribution >= 0.6 is 37.2 Å². The molecule has 0 unspecified atom stereocenters. The summed E-state index contributed by atoms with van der Waals surface area (Å²) < 4.78 is 5.68. The molecule has 0 fully saturated rings. The smallest absolute Gasteiger partial charge is 0.185 e. The Bertz CT molecular complexity index is 539. The molecule has 0 atom stereocenters. The summed E-state index contributed by atoms with van der Waals surface area (Å²) in [6.07, 6.45) is 8.05. The first kappa shape index (κ1) is 32.3. The summed E-state index contributed by atoms with van der Waals surface area (Å²) in [5.41, 5.74) is 16.7. The van der Waals surface area contributed by atoms with Gasteiger partial charge in [-0.1, -0.05) is 19.3 Å². The van der Waals surface area contributed by atoms with E-state index >= 15 is 0 Å². The van der Waals surface area contributed by atoms with Gasteiger partial charge in [-0.15, -0.1) is 37.2 Å². The van der Waals surface area contributed by atoms with Gasteiger partial charge in [0, 0.05) is 12.1 Å². The maximum Gasteiger partial charge on any atom is 0.185 e. The van der Waals surface area contributed by atoms with Crippen LogP contribution in [0.5, 0.6) is 5.75 Å². The van der Waals surface area contributed by atoms with Crippen LogP contribution in [0.4, 0.5) is 0 Å². The summed E-state index contributed by atoms with van der Waals surface area (Å²) in [4.78, 5) is 3.97. The third kappa shape index (κ3) is 18.4. The molecule has 0 radical (unpaired) electrons. The van der Waals surface area contributed by atoms with E-state index in [9.17, 15) is 0 Å². The van der Waals surface area contributed by atoms with Crippen molar-refractivity contribution in [2.24, 2.45) is 22.2 Å². The highest BCUT2D eigenvalue weighted by atomic mass is 35.5. The van der Waals surface area contributed by atoms with E-state index in [1.807, 2.05) is 12.1 Å². The molecule has 8 N–H and O–H groups in total. The maximum absolute atomic E-state index is 7.35. The lowest BCUT2D eigenvalue weighted by Gasteiger charge is -2.08. The summed E-state index contributed by atoms with van der Waals surface area (Å²) in [6, 6.07) is 7.32. The zero-order valence-electron chi connectivity index (χ0n) is 16.9. The van der Waals surface area contributed by atoms with Crippen LogP contribution in [0.3, 0.4) is 0 Å². The third-order valence-electron chi connectivity index (χ3n) is 3.99. The van der Waals surface area contributed by atoms with E-state index < -0.39 is 0 Å². The fraction of sp³-hybridized carbons (Fsp3) is 0.579. The fourth-order valence-electron chi connectivity index (χ4n) is 2.50. The number of amidine groups is 1. The van der Waals surface area contributed by atoms with E-state index in [2.05, 4.69) is 10.3 Å². The zero-order valence-corrected chi connectivity index (χ0v) is 19.3. The average Bonchev–Trinajstić information content (AvgIpc) is 2.62. The second-order valence-corrected chi connectivity index (χ2v) is 6.32. The summed E-state index contributed by atoms with van der Waals surface area (Å²) >= 11 is 0. The highest BCUT2D eigenvalue weighted by Gasteiger charge is 1.98. The SMILES string of the molecule is Cl.Cl.Cl.N=C(N)c1ccc(OCCCCNCCCCCCCN=C(N)N)cc1. The molecule has 10 heteroatoms. The number of nitrogens with two attached hydrogens (primary N) is 3. The average molecular weight is 472 g/mol. The van der Waals surface area contributed by atoms with E-state index in [0.717, 1.165) is 50.2 Å². The van der Waals surface area contributed by atoms with Crippen molar-refractivity contribution in [3.63, 3.8) is 0 Å². The standard InChI is InChI=1S/C19H34N6O.3ClH/c20-18(21)16-8-10-17(11-9-16)26-15-7-6-13-24-12-4-2-1-3-5-14-25-19(22)23;;;/h8-11,24H,1-7,12-15H2,(H3,20,21)(H4,22,23,25);3*1H. The highest BCUT2D eigenvalue weighted by Crippen LogP contribution is 2.12. The van der Waals surface area contributed by atoms with Gasteiger partial charge in [0.1, 0.15) is 11.6 Å². The van der Waals surface area contributed by atoms with Crippen LogP contribution < -0.4 is 27.3 Å². The van der Waals surface area contributed by atoms with Crippen LogP contribution in [-0.4, -0.2) is 38.0 Å². The molecule has 29 heavy (non-hydrogen) atoms. The predicted molar refractivity (Wildman–Crippen MR) is 131 cm³/mol.